The van der Waals surface area contributed by atoms with Gasteiger partial charge >= 0.3 is 0 Å². The van der Waals surface area contributed by atoms with Crippen LogP contribution in [0, 0.1) is 5.92 Å². The Morgan fingerprint density at radius 1 is 0.786 bits per heavy atom. The molecule has 1 aliphatic carbocycles. The number of aromatic nitrogens is 5. The number of hydrogen-bond acceptors (Lipinski definition) is 5. The van der Waals surface area contributed by atoms with Crippen molar-refractivity contribution in [2.24, 2.45) is 5.92 Å². The predicted octanol–water partition coefficient (Wildman–Crippen LogP) is 6.29. The molecule has 6 nitrogen and oxygen atoms in total. The maximum absolute atomic E-state index is 4.92. The zero-order valence-electron chi connectivity index (χ0n) is 23.2. The van der Waals surface area contributed by atoms with Crippen LogP contribution >= 0.6 is 12.6 Å². The van der Waals surface area contributed by atoms with E-state index in [1.807, 2.05) is 6.33 Å². The average molecular weight is 569 g/mol. The van der Waals surface area contributed by atoms with Gasteiger partial charge in [0.05, 0.1) is 18.1 Å². The molecule has 7 rings (SSSR count). The van der Waals surface area contributed by atoms with Crippen LogP contribution in [0.15, 0.2) is 139 Å². The van der Waals surface area contributed by atoms with E-state index in [0.717, 1.165) is 36.5 Å². The SMILES string of the molecule is Sc1nnc(C2=CNC3C=CC=CC23)n1CCCc1cn(C(c2ccccc2)(c2ccccc2)c2ccccc2)cn1. The van der Waals surface area contributed by atoms with Gasteiger partial charge in [0, 0.05) is 30.4 Å². The molecule has 2 atom stereocenters. The quantitative estimate of drug-likeness (QED) is 0.162. The van der Waals surface area contributed by atoms with E-state index in [0.29, 0.717) is 5.16 Å². The smallest absolute Gasteiger partial charge is 0.188 e. The Bertz CT molecular complexity index is 1650. The summed E-state index contributed by atoms with van der Waals surface area (Å²) in [4.78, 5) is 4.92. The lowest BCUT2D eigenvalue weighted by Crippen LogP contribution is -2.36. The molecule has 3 heterocycles. The molecule has 0 amide bonds. The van der Waals surface area contributed by atoms with Gasteiger partial charge in [0.1, 0.15) is 5.54 Å². The van der Waals surface area contributed by atoms with Crippen molar-refractivity contribution in [2.75, 3.05) is 0 Å². The Morgan fingerprint density at radius 3 is 2.05 bits per heavy atom. The summed E-state index contributed by atoms with van der Waals surface area (Å²) in [7, 11) is 0. The maximum Gasteiger partial charge on any atom is 0.188 e. The maximum atomic E-state index is 4.92. The molecule has 208 valence electrons. The third-order valence-electron chi connectivity index (χ3n) is 8.33. The Balaban J connectivity index is 1.18. The first-order chi connectivity index (χ1) is 20.7. The van der Waals surface area contributed by atoms with Gasteiger partial charge in [0.25, 0.3) is 0 Å². The lowest BCUT2D eigenvalue weighted by molar-refractivity contribution is 0.513. The molecular formula is C35H32N6S. The van der Waals surface area contributed by atoms with Gasteiger partial charge in [0.15, 0.2) is 11.0 Å². The van der Waals surface area contributed by atoms with E-state index in [-0.39, 0.29) is 12.0 Å². The third kappa shape index (κ3) is 4.60. The molecule has 0 saturated carbocycles. The number of benzene rings is 3. The highest BCUT2D eigenvalue weighted by Gasteiger charge is 2.38. The van der Waals surface area contributed by atoms with Crippen molar-refractivity contribution in [3.63, 3.8) is 0 Å². The molecule has 42 heavy (non-hydrogen) atoms. The number of hydrogen-bond donors (Lipinski definition) is 2. The molecule has 2 unspecified atom stereocenters. The minimum atomic E-state index is -0.560. The van der Waals surface area contributed by atoms with Gasteiger partial charge in [-0.2, -0.15) is 0 Å². The predicted molar refractivity (Wildman–Crippen MR) is 169 cm³/mol. The van der Waals surface area contributed by atoms with Crippen LogP contribution in [-0.4, -0.2) is 30.4 Å². The van der Waals surface area contributed by atoms with Crippen LogP contribution in [0.3, 0.4) is 0 Å². The van der Waals surface area contributed by atoms with Crippen LogP contribution in [0.25, 0.3) is 5.57 Å². The lowest BCUT2D eigenvalue weighted by Gasteiger charge is -2.37. The molecule has 0 saturated heterocycles. The van der Waals surface area contributed by atoms with Crippen LogP contribution in [0.2, 0.25) is 0 Å². The standard InChI is InChI=1S/C35H32N6S/c42-34-39-38-33(31-23-36-32-21-11-10-20-30(31)32)41(34)22-12-19-29-24-40(25-37-29)35(26-13-4-1-5-14-26,27-15-6-2-7-16-27)28-17-8-3-9-18-28/h1-11,13-18,20-21,23-25,30,32,36H,12,19,22H2,(H,39,42). The van der Waals surface area contributed by atoms with Crippen molar-refractivity contribution >= 4 is 18.2 Å². The summed E-state index contributed by atoms with van der Waals surface area (Å²) in [6.07, 6.45) is 16.5. The highest BCUT2D eigenvalue weighted by atomic mass is 32.1. The average Bonchev–Trinajstić information content (AvgIpc) is 3.79. The number of rotatable bonds is 9. The van der Waals surface area contributed by atoms with Crippen molar-refractivity contribution in [3.8, 4) is 0 Å². The van der Waals surface area contributed by atoms with Crippen molar-refractivity contribution in [3.05, 3.63) is 162 Å². The first-order valence-electron chi connectivity index (χ1n) is 14.4. The fraction of sp³-hybridized carbons (Fsp3) is 0.171. The van der Waals surface area contributed by atoms with Crippen LogP contribution in [-0.2, 0) is 18.5 Å². The summed E-state index contributed by atoms with van der Waals surface area (Å²) in [5.41, 5.74) is 5.18. The van der Waals surface area contributed by atoms with Gasteiger partial charge in [-0.25, -0.2) is 4.98 Å². The molecule has 0 spiro atoms. The first-order valence-corrected chi connectivity index (χ1v) is 14.8. The number of aryl methyl sites for hydroxylation is 1. The molecule has 3 aromatic carbocycles. The summed E-state index contributed by atoms with van der Waals surface area (Å²) in [6.45, 7) is 0.753. The molecule has 5 aromatic rings. The van der Waals surface area contributed by atoms with Crippen molar-refractivity contribution in [1.82, 2.24) is 29.6 Å². The van der Waals surface area contributed by atoms with Crippen molar-refractivity contribution in [1.29, 1.82) is 0 Å². The summed E-state index contributed by atoms with van der Waals surface area (Å²) < 4.78 is 4.39. The zero-order chi connectivity index (χ0) is 28.4. The fourth-order valence-corrected chi connectivity index (χ4v) is 6.59. The number of imidazole rings is 1. The van der Waals surface area contributed by atoms with Gasteiger partial charge in [-0.15, -0.1) is 22.8 Å². The van der Waals surface area contributed by atoms with Crippen LogP contribution in [0.1, 0.15) is 34.6 Å². The number of allylic oxidation sites excluding steroid dienone is 2. The van der Waals surface area contributed by atoms with Crippen LogP contribution < -0.4 is 5.32 Å². The third-order valence-corrected chi connectivity index (χ3v) is 8.66. The van der Waals surface area contributed by atoms with Gasteiger partial charge < -0.3 is 14.5 Å². The van der Waals surface area contributed by atoms with E-state index in [1.165, 1.54) is 16.7 Å². The van der Waals surface area contributed by atoms with Crippen molar-refractivity contribution < 1.29 is 0 Å². The second-order valence-corrected chi connectivity index (χ2v) is 11.1. The summed E-state index contributed by atoms with van der Waals surface area (Å²) in [5.74, 6) is 1.13. The second-order valence-electron chi connectivity index (χ2n) is 10.7. The minimum Gasteiger partial charge on any atom is -0.383 e. The summed E-state index contributed by atoms with van der Waals surface area (Å²) in [5, 5.41) is 12.9. The fourth-order valence-electron chi connectivity index (χ4n) is 6.35. The molecule has 7 heteroatoms. The zero-order valence-corrected chi connectivity index (χ0v) is 24.1. The minimum absolute atomic E-state index is 0.253. The van der Waals surface area contributed by atoms with Gasteiger partial charge in [0.2, 0.25) is 0 Å². The summed E-state index contributed by atoms with van der Waals surface area (Å²) in [6, 6.07) is 32.3. The van der Waals surface area contributed by atoms with Crippen molar-refractivity contribution in [2.45, 2.75) is 36.1 Å². The normalized spacial score (nSPS) is 17.6. The van der Waals surface area contributed by atoms with E-state index < -0.39 is 5.54 Å². The van der Waals surface area contributed by atoms with Crippen LogP contribution in [0.4, 0.5) is 0 Å². The molecule has 2 aromatic heterocycles. The van der Waals surface area contributed by atoms with Crippen LogP contribution in [0.5, 0.6) is 0 Å². The highest BCUT2D eigenvalue weighted by Crippen LogP contribution is 2.41. The molecule has 0 bridgehead atoms. The molecule has 1 N–H and O–H groups in total. The van der Waals surface area contributed by atoms with E-state index in [2.05, 4.69) is 165 Å². The van der Waals surface area contributed by atoms with Gasteiger partial charge in [-0.3, -0.25) is 0 Å². The van der Waals surface area contributed by atoms with Gasteiger partial charge in [-0.1, -0.05) is 115 Å². The Kier molecular flexibility index (Phi) is 7.10. The largest absolute Gasteiger partial charge is 0.383 e. The lowest BCUT2D eigenvalue weighted by atomic mass is 9.77. The number of nitrogens with zero attached hydrogens (tertiary/aromatic N) is 5. The topological polar surface area (TPSA) is 60.6 Å². The monoisotopic (exact) mass is 568 g/mol. The molecule has 1 aliphatic heterocycles. The number of nitrogens with one attached hydrogen (secondary N) is 1. The molecule has 2 aliphatic rings. The Hall–Kier alpha value is -4.62. The number of thiol groups is 1. The van der Waals surface area contributed by atoms with Gasteiger partial charge in [-0.05, 0) is 29.5 Å². The second kappa shape index (κ2) is 11.3. The molecule has 0 fully saturated rings. The summed E-state index contributed by atoms with van der Waals surface area (Å²) >= 11 is 4.64. The van der Waals surface area contributed by atoms with E-state index in [9.17, 15) is 0 Å². The Morgan fingerprint density at radius 2 is 1.40 bits per heavy atom. The van der Waals surface area contributed by atoms with E-state index in [4.69, 9.17) is 4.98 Å². The highest BCUT2D eigenvalue weighted by molar-refractivity contribution is 7.80. The molecule has 0 radical (unpaired) electrons. The van der Waals surface area contributed by atoms with E-state index >= 15 is 0 Å². The molecular weight excluding hydrogens is 536 g/mol. The van der Waals surface area contributed by atoms with E-state index in [1.54, 1.807) is 0 Å². The first kappa shape index (κ1) is 26.3. The Labute approximate surface area is 251 Å². The number of fused-ring (bicyclic) bond motifs is 1.